The minimum atomic E-state index is -3.55. The molecular formula is C15H13Cl2NO3S. The summed E-state index contributed by atoms with van der Waals surface area (Å²) >= 11 is 11.6. The Hall–Kier alpha value is -1.56. The Bertz CT molecular complexity index is 756. The second-order valence-electron chi connectivity index (χ2n) is 4.72. The first-order chi connectivity index (χ1) is 10.3. The van der Waals surface area contributed by atoms with Crippen molar-refractivity contribution < 1.29 is 13.2 Å². The molecule has 4 nitrogen and oxygen atoms in total. The molecule has 0 saturated heterocycles. The Morgan fingerprint density at radius 1 is 1.00 bits per heavy atom. The van der Waals surface area contributed by atoms with Gasteiger partial charge in [-0.25, -0.2) is 8.42 Å². The Labute approximate surface area is 139 Å². The van der Waals surface area contributed by atoms with E-state index in [1.165, 1.54) is 18.2 Å². The van der Waals surface area contributed by atoms with Crippen LogP contribution in [0.4, 0.5) is 5.69 Å². The van der Waals surface area contributed by atoms with Crippen LogP contribution in [-0.4, -0.2) is 20.1 Å². The van der Waals surface area contributed by atoms with Crippen LogP contribution in [0.1, 0.15) is 5.56 Å². The molecule has 0 aromatic heterocycles. The van der Waals surface area contributed by atoms with Gasteiger partial charge in [-0.1, -0.05) is 53.5 Å². The number of halogens is 2. The van der Waals surface area contributed by atoms with Gasteiger partial charge >= 0.3 is 0 Å². The highest BCUT2D eigenvalue weighted by Gasteiger charge is 2.17. The number of amides is 1. The van der Waals surface area contributed by atoms with Crippen molar-refractivity contribution in [2.24, 2.45) is 0 Å². The molecule has 0 unspecified atom stereocenters. The van der Waals surface area contributed by atoms with Gasteiger partial charge in [-0.2, -0.15) is 0 Å². The lowest BCUT2D eigenvalue weighted by atomic mass is 10.2. The summed E-state index contributed by atoms with van der Waals surface area (Å²) in [5, 5.41) is 3.19. The fourth-order valence-corrected chi connectivity index (χ4v) is 3.70. The molecule has 2 rings (SSSR count). The van der Waals surface area contributed by atoms with Gasteiger partial charge in [0.2, 0.25) is 5.91 Å². The van der Waals surface area contributed by atoms with Crippen LogP contribution in [0.5, 0.6) is 0 Å². The number of carbonyl (C=O) groups excluding carboxylic acids is 1. The van der Waals surface area contributed by atoms with Crippen LogP contribution in [-0.2, 0) is 20.4 Å². The monoisotopic (exact) mass is 357 g/mol. The molecule has 0 fully saturated rings. The van der Waals surface area contributed by atoms with Crippen LogP contribution in [0, 0.1) is 0 Å². The van der Waals surface area contributed by atoms with E-state index < -0.39 is 21.5 Å². The zero-order chi connectivity index (χ0) is 16.2. The van der Waals surface area contributed by atoms with E-state index in [-0.39, 0.29) is 5.75 Å². The molecule has 2 aromatic rings. The van der Waals surface area contributed by atoms with E-state index in [9.17, 15) is 13.2 Å². The number of anilines is 1. The third-order valence-corrected chi connectivity index (χ3v) is 4.64. The molecule has 1 amide bonds. The molecule has 0 heterocycles. The summed E-state index contributed by atoms with van der Waals surface area (Å²) < 4.78 is 24.0. The standard InChI is InChI=1S/C15H13Cl2NO3S/c16-12-6-13(17)8-14(7-12)18-15(19)10-22(20,21)9-11-4-2-1-3-5-11/h1-8H,9-10H2,(H,18,19). The van der Waals surface area contributed by atoms with Crippen molar-refractivity contribution in [1.82, 2.24) is 0 Å². The van der Waals surface area contributed by atoms with Gasteiger partial charge in [0.25, 0.3) is 0 Å². The van der Waals surface area contributed by atoms with E-state index in [1.807, 2.05) is 0 Å². The molecular weight excluding hydrogens is 345 g/mol. The van der Waals surface area contributed by atoms with E-state index >= 15 is 0 Å². The van der Waals surface area contributed by atoms with Gasteiger partial charge in [0.1, 0.15) is 5.75 Å². The number of carbonyl (C=O) groups is 1. The molecule has 22 heavy (non-hydrogen) atoms. The van der Waals surface area contributed by atoms with Gasteiger partial charge < -0.3 is 5.32 Å². The smallest absolute Gasteiger partial charge is 0.239 e. The molecule has 0 aliphatic rings. The van der Waals surface area contributed by atoms with Crippen LogP contribution in [0.3, 0.4) is 0 Å². The van der Waals surface area contributed by atoms with Crippen molar-refractivity contribution >= 4 is 44.6 Å². The van der Waals surface area contributed by atoms with Gasteiger partial charge in [0, 0.05) is 15.7 Å². The molecule has 0 saturated carbocycles. The number of rotatable bonds is 5. The quantitative estimate of drug-likeness (QED) is 0.889. The Morgan fingerprint density at radius 2 is 1.59 bits per heavy atom. The van der Waals surface area contributed by atoms with Crippen LogP contribution >= 0.6 is 23.2 Å². The third-order valence-electron chi connectivity index (χ3n) is 2.73. The molecule has 0 atom stereocenters. The highest BCUT2D eigenvalue weighted by atomic mass is 35.5. The second kappa shape index (κ2) is 7.13. The Morgan fingerprint density at radius 3 is 2.18 bits per heavy atom. The molecule has 2 aromatic carbocycles. The minimum Gasteiger partial charge on any atom is -0.325 e. The molecule has 0 radical (unpaired) electrons. The first kappa shape index (κ1) is 16.8. The molecule has 0 spiro atoms. The Balaban J connectivity index is 2.01. The van der Waals surface area contributed by atoms with Crippen LogP contribution in [0.2, 0.25) is 10.0 Å². The van der Waals surface area contributed by atoms with Crippen molar-refractivity contribution in [3.63, 3.8) is 0 Å². The van der Waals surface area contributed by atoms with Crippen LogP contribution in [0.15, 0.2) is 48.5 Å². The summed E-state index contributed by atoms with van der Waals surface area (Å²) in [6, 6.07) is 13.2. The second-order valence-corrected chi connectivity index (χ2v) is 7.66. The van der Waals surface area contributed by atoms with Gasteiger partial charge in [0.15, 0.2) is 9.84 Å². The van der Waals surface area contributed by atoms with Crippen molar-refractivity contribution in [3.8, 4) is 0 Å². The van der Waals surface area contributed by atoms with Gasteiger partial charge in [0.05, 0.1) is 5.75 Å². The summed E-state index contributed by atoms with van der Waals surface area (Å²) in [6.45, 7) is 0. The van der Waals surface area contributed by atoms with Gasteiger partial charge in [-0.05, 0) is 23.8 Å². The van der Waals surface area contributed by atoms with Crippen LogP contribution < -0.4 is 5.32 Å². The van der Waals surface area contributed by atoms with Crippen molar-refractivity contribution in [1.29, 1.82) is 0 Å². The summed E-state index contributed by atoms with van der Waals surface area (Å²) in [5.74, 6) is -1.42. The van der Waals surface area contributed by atoms with E-state index in [2.05, 4.69) is 5.32 Å². The first-order valence-electron chi connectivity index (χ1n) is 6.34. The van der Waals surface area contributed by atoms with E-state index in [1.54, 1.807) is 30.3 Å². The van der Waals surface area contributed by atoms with Crippen LogP contribution in [0.25, 0.3) is 0 Å². The molecule has 116 valence electrons. The molecule has 0 bridgehead atoms. The predicted molar refractivity (Wildman–Crippen MR) is 89.0 cm³/mol. The molecule has 1 N–H and O–H groups in total. The highest BCUT2D eigenvalue weighted by Crippen LogP contribution is 2.22. The average molecular weight is 358 g/mol. The topological polar surface area (TPSA) is 63.2 Å². The maximum atomic E-state index is 12.0. The SMILES string of the molecule is O=C(CS(=O)(=O)Cc1ccccc1)Nc1cc(Cl)cc(Cl)c1. The van der Waals surface area contributed by atoms with Gasteiger partial charge in [-0.3, -0.25) is 4.79 Å². The summed E-state index contributed by atoms with van der Waals surface area (Å²) in [5.41, 5.74) is 0.999. The number of sulfone groups is 1. The van der Waals surface area contributed by atoms with E-state index in [4.69, 9.17) is 23.2 Å². The number of nitrogens with one attached hydrogen (secondary N) is 1. The molecule has 0 aliphatic heterocycles. The maximum absolute atomic E-state index is 12.0. The zero-order valence-corrected chi connectivity index (χ0v) is 13.8. The fourth-order valence-electron chi connectivity index (χ4n) is 1.90. The highest BCUT2D eigenvalue weighted by molar-refractivity contribution is 7.91. The summed E-state index contributed by atoms with van der Waals surface area (Å²) in [7, 11) is -3.55. The zero-order valence-electron chi connectivity index (χ0n) is 11.4. The normalized spacial score (nSPS) is 11.2. The Kier molecular flexibility index (Phi) is 5.45. The van der Waals surface area contributed by atoms with Crippen molar-refractivity contribution in [3.05, 3.63) is 64.1 Å². The molecule has 7 heteroatoms. The molecule has 0 aliphatic carbocycles. The minimum absolute atomic E-state index is 0.183. The summed E-state index contributed by atoms with van der Waals surface area (Å²) in [6.07, 6.45) is 0. The number of benzene rings is 2. The lowest BCUT2D eigenvalue weighted by molar-refractivity contribution is -0.113. The first-order valence-corrected chi connectivity index (χ1v) is 8.92. The van der Waals surface area contributed by atoms with Gasteiger partial charge in [-0.15, -0.1) is 0 Å². The third kappa shape index (κ3) is 5.33. The largest absolute Gasteiger partial charge is 0.325 e. The van der Waals surface area contributed by atoms with Crippen molar-refractivity contribution in [2.75, 3.05) is 11.1 Å². The predicted octanol–water partition coefficient (Wildman–Crippen LogP) is 3.55. The number of hydrogen-bond donors (Lipinski definition) is 1. The lowest BCUT2D eigenvalue weighted by Gasteiger charge is -2.07. The van der Waals surface area contributed by atoms with Crippen molar-refractivity contribution in [2.45, 2.75) is 5.75 Å². The van der Waals surface area contributed by atoms with E-state index in [0.717, 1.165) is 0 Å². The fraction of sp³-hybridized carbons (Fsp3) is 0.133. The lowest BCUT2D eigenvalue weighted by Crippen LogP contribution is -2.23. The number of hydrogen-bond acceptors (Lipinski definition) is 3. The summed E-state index contributed by atoms with van der Waals surface area (Å²) in [4.78, 5) is 11.9. The van der Waals surface area contributed by atoms with E-state index in [0.29, 0.717) is 21.3 Å². The average Bonchev–Trinajstić information content (AvgIpc) is 2.36. The maximum Gasteiger partial charge on any atom is 0.239 e.